The van der Waals surface area contributed by atoms with Crippen LogP contribution in [0.5, 0.6) is 11.5 Å². The summed E-state index contributed by atoms with van der Waals surface area (Å²) in [6.45, 7) is 2.36. The van der Waals surface area contributed by atoms with Crippen LogP contribution in [0.1, 0.15) is 28.8 Å². The van der Waals surface area contributed by atoms with E-state index in [1.807, 2.05) is 11.0 Å². The first-order valence-corrected chi connectivity index (χ1v) is 9.49. The normalized spacial score (nSPS) is 17.1. The number of carbonyl (C=O) groups excluding carboxylic acids is 1. The van der Waals surface area contributed by atoms with Gasteiger partial charge in [0.25, 0.3) is 5.91 Å². The first kappa shape index (κ1) is 19.2. The van der Waals surface area contributed by atoms with Crippen molar-refractivity contribution in [2.45, 2.75) is 25.3 Å². The van der Waals surface area contributed by atoms with Gasteiger partial charge in [0.2, 0.25) is 0 Å². The molecule has 0 aliphatic carbocycles. The van der Waals surface area contributed by atoms with Crippen molar-refractivity contribution in [2.24, 2.45) is 0 Å². The minimum atomic E-state index is -0.132. The maximum atomic E-state index is 12.9. The molecule has 5 heteroatoms. The van der Waals surface area contributed by atoms with E-state index in [2.05, 4.69) is 36.2 Å². The summed E-state index contributed by atoms with van der Waals surface area (Å²) in [5, 5.41) is 10.3. The molecule has 27 heavy (non-hydrogen) atoms. The standard InChI is InChI=1S/C22H28N2O3/c1-23(15-13-17-8-4-3-5-9-17)18-10-7-14-24(16-18)22(26)19-11-6-12-20(27-2)21(19)25/h3-6,8-9,11-12,18,25H,7,10,13-16H2,1-2H3/t18-/m0/s1. The van der Waals surface area contributed by atoms with Crippen LogP contribution in [0.2, 0.25) is 0 Å². The van der Waals surface area contributed by atoms with Gasteiger partial charge in [-0.25, -0.2) is 0 Å². The highest BCUT2D eigenvalue weighted by Gasteiger charge is 2.28. The molecule has 1 saturated heterocycles. The number of amides is 1. The Bertz CT molecular complexity index is 763. The number of rotatable bonds is 6. The number of ether oxygens (including phenoxy) is 1. The fourth-order valence-electron chi connectivity index (χ4n) is 3.66. The number of likely N-dealkylation sites (tertiary alicyclic amines) is 1. The van der Waals surface area contributed by atoms with Crippen LogP contribution in [0.25, 0.3) is 0 Å². The zero-order valence-electron chi connectivity index (χ0n) is 16.1. The van der Waals surface area contributed by atoms with E-state index >= 15 is 0 Å². The molecule has 1 N–H and O–H groups in total. The Morgan fingerprint density at radius 3 is 2.74 bits per heavy atom. The molecule has 1 heterocycles. The molecule has 2 aromatic carbocycles. The number of benzene rings is 2. The fraction of sp³-hybridized carbons (Fsp3) is 0.409. The number of hydrogen-bond acceptors (Lipinski definition) is 4. The molecular formula is C22H28N2O3. The molecule has 0 aromatic heterocycles. The number of hydrogen-bond donors (Lipinski definition) is 1. The summed E-state index contributed by atoms with van der Waals surface area (Å²) in [7, 11) is 3.62. The van der Waals surface area contributed by atoms with Crippen LogP contribution in [-0.4, -0.2) is 60.6 Å². The lowest BCUT2D eigenvalue weighted by molar-refractivity contribution is 0.0608. The molecule has 0 spiro atoms. The van der Waals surface area contributed by atoms with Crippen LogP contribution in [-0.2, 0) is 6.42 Å². The molecule has 1 aliphatic heterocycles. The molecule has 0 unspecified atom stereocenters. The van der Waals surface area contributed by atoms with E-state index in [-0.39, 0.29) is 11.7 Å². The monoisotopic (exact) mass is 368 g/mol. The highest BCUT2D eigenvalue weighted by atomic mass is 16.5. The molecule has 1 aliphatic rings. The molecule has 0 radical (unpaired) electrons. The van der Waals surface area contributed by atoms with Gasteiger partial charge >= 0.3 is 0 Å². The van der Waals surface area contributed by atoms with E-state index in [0.717, 1.165) is 32.4 Å². The Hall–Kier alpha value is -2.53. The zero-order valence-corrected chi connectivity index (χ0v) is 16.1. The Morgan fingerprint density at radius 2 is 2.00 bits per heavy atom. The number of phenolic OH excluding ortho intramolecular Hbond substituents is 1. The Balaban J connectivity index is 1.62. The molecule has 1 fully saturated rings. The van der Waals surface area contributed by atoms with Gasteiger partial charge in [-0.3, -0.25) is 4.79 Å². The van der Waals surface area contributed by atoms with E-state index in [0.29, 0.717) is 23.9 Å². The summed E-state index contributed by atoms with van der Waals surface area (Å²) in [6, 6.07) is 15.8. The Labute approximate surface area is 161 Å². The summed E-state index contributed by atoms with van der Waals surface area (Å²) < 4.78 is 5.13. The van der Waals surface area contributed by atoms with E-state index in [4.69, 9.17) is 4.74 Å². The Kier molecular flexibility index (Phi) is 6.35. The molecule has 0 saturated carbocycles. The highest BCUT2D eigenvalue weighted by molar-refractivity contribution is 5.97. The number of carbonyl (C=O) groups is 1. The number of aromatic hydroxyl groups is 1. The van der Waals surface area contributed by atoms with Crippen molar-refractivity contribution < 1.29 is 14.6 Å². The molecule has 0 bridgehead atoms. The van der Waals surface area contributed by atoms with Gasteiger partial charge in [0, 0.05) is 25.7 Å². The maximum absolute atomic E-state index is 12.9. The predicted molar refractivity (Wildman–Crippen MR) is 106 cm³/mol. The SMILES string of the molecule is COc1cccc(C(=O)N2CCC[C@H](N(C)CCc3ccccc3)C2)c1O. The molecule has 1 amide bonds. The number of piperidine rings is 1. The zero-order chi connectivity index (χ0) is 19.2. The smallest absolute Gasteiger partial charge is 0.257 e. The second-order valence-corrected chi connectivity index (χ2v) is 7.12. The Morgan fingerprint density at radius 1 is 1.22 bits per heavy atom. The predicted octanol–water partition coefficient (Wildman–Crippen LogP) is 3.18. The van der Waals surface area contributed by atoms with Crippen LogP contribution in [0.15, 0.2) is 48.5 Å². The van der Waals surface area contributed by atoms with Crippen molar-refractivity contribution in [3.63, 3.8) is 0 Å². The molecule has 2 aromatic rings. The van der Waals surface area contributed by atoms with Gasteiger partial charge in [-0.2, -0.15) is 0 Å². The summed E-state index contributed by atoms with van der Waals surface area (Å²) in [4.78, 5) is 17.1. The van der Waals surface area contributed by atoms with Gasteiger partial charge < -0.3 is 19.6 Å². The van der Waals surface area contributed by atoms with Crippen LogP contribution in [0.3, 0.4) is 0 Å². The van der Waals surface area contributed by atoms with Crippen molar-refractivity contribution in [2.75, 3.05) is 33.8 Å². The van der Waals surface area contributed by atoms with E-state index in [9.17, 15) is 9.90 Å². The summed E-state index contributed by atoms with van der Waals surface area (Å²) >= 11 is 0. The van der Waals surface area contributed by atoms with E-state index < -0.39 is 0 Å². The average Bonchev–Trinajstić information content (AvgIpc) is 2.72. The average molecular weight is 368 g/mol. The summed E-state index contributed by atoms with van der Waals surface area (Å²) in [5.74, 6) is 0.117. The highest BCUT2D eigenvalue weighted by Crippen LogP contribution is 2.31. The van der Waals surface area contributed by atoms with Crippen molar-refractivity contribution in [1.82, 2.24) is 9.80 Å². The fourth-order valence-corrected chi connectivity index (χ4v) is 3.66. The third-order valence-corrected chi connectivity index (χ3v) is 5.35. The van der Waals surface area contributed by atoms with Gasteiger partial charge in [0.15, 0.2) is 11.5 Å². The maximum Gasteiger partial charge on any atom is 0.257 e. The van der Waals surface area contributed by atoms with Crippen molar-refractivity contribution in [3.8, 4) is 11.5 Å². The van der Waals surface area contributed by atoms with Crippen LogP contribution in [0.4, 0.5) is 0 Å². The quantitative estimate of drug-likeness (QED) is 0.851. The van der Waals surface area contributed by atoms with Crippen LogP contribution in [0, 0.1) is 0 Å². The number of likely N-dealkylation sites (N-methyl/N-ethyl adjacent to an activating group) is 1. The first-order valence-electron chi connectivity index (χ1n) is 9.49. The van der Waals surface area contributed by atoms with Gasteiger partial charge in [-0.1, -0.05) is 36.4 Å². The van der Waals surface area contributed by atoms with Crippen LogP contribution < -0.4 is 4.74 Å². The second kappa shape index (κ2) is 8.91. The summed E-state index contributed by atoms with van der Waals surface area (Å²) in [5.41, 5.74) is 1.64. The molecule has 3 rings (SSSR count). The summed E-state index contributed by atoms with van der Waals surface area (Å²) in [6.07, 6.45) is 3.05. The molecule has 144 valence electrons. The van der Waals surface area contributed by atoms with Gasteiger partial charge in [0.1, 0.15) is 0 Å². The number of phenols is 1. The minimum Gasteiger partial charge on any atom is -0.504 e. The lowest BCUT2D eigenvalue weighted by Gasteiger charge is -2.38. The number of para-hydroxylation sites is 1. The van der Waals surface area contributed by atoms with Crippen molar-refractivity contribution in [3.05, 3.63) is 59.7 Å². The van der Waals surface area contributed by atoms with Crippen molar-refractivity contribution >= 4 is 5.91 Å². The first-order chi connectivity index (χ1) is 13.1. The molecule has 1 atom stereocenters. The molecular weight excluding hydrogens is 340 g/mol. The minimum absolute atomic E-state index is 0.0791. The third-order valence-electron chi connectivity index (χ3n) is 5.35. The lowest BCUT2D eigenvalue weighted by Crippen LogP contribution is -2.49. The molecule has 5 nitrogen and oxygen atoms in total. The van der Waals surface area contributed by atoms with E-state index in [1.54, 1.807) is 18.2 Å². The van der Waals surface area contributed by atoms with Gasteiger partial charge in [-0.15, -0.1) is 0 Å². The number of methoxy groups -OCH3 is 1. The third kappa shape index (κ3) is 4.61. The van der Waals surface area contributed by atoms with Crippen molar-refractivity contribution in [1.29, 1.82) is 0 Å². The number of nitrogens with zero attached hydrogens (tertiary/aromatic N) is 2. The lowest BCUT2D eigenvalue weighted by atomic mass is 10.0. The largest absolute Gasteiger partial charge is 0.504 e. The van der Waals surface area contributed by atoms with E-state index in [1.165, 1.54) is 12.7 Å². The topological polar surface area (TPSA) is 53.0 Å². The second-order valence-electron chi connectivity index (χ2n) is 7.12. The van der Waals surface area contributed by atoms with Gasteiger partial charge in [0.05, 0.1) is 12.7 Å². The van der Waals surface area contributed by atoms with Crippen LogP contribution >= 0.6 is 0 Å². The van der Waals surface area contributed by atoms with Gasteiger partial charge in [-0.05, 0) is 44.0 Å².